The van der Waals surface area contributed by atoms with Crippen LogP contribution >= 0.6 is 15.9 Å². The molecule has 4 heteroatoms. The van der Waals surface area contributed by atoms with Gasteiger partial charge in [0.25, 0.3) is 0 Å². The Morgan fingerprint density at radius 3 is 2.38 bits per heavy atom. The van der Waals surface area contributed by atoms with Gasteiger partial charge in [-0.1, -0.05) is 0 Å². The first-order chi connectivity index (χ1) is 7.41. The number of likely N-dealkylation sites (N-methyl/N-ethyl adjacent to an activating group) is 2. The van der Waals surface area contributed by atoms with Crippen LogP contribution in [0.2, 0.25) is 0 Å². The standard InChI is InChI=1S/C12H20BrN3/c1-9-7-12(10(13)8-11(9)14)16(4)6-5-15(2)3/h7-8H,5-6,14H2,1-4H3. The summed E-state index contributed by atoms with van der Waals surface area (Å²) >= 11 is 3.55. The fourth-order valence-electron chi connectivity index (χ4n) is 1.44. The van der Waals surface area contributed by atoms with E-state index in [0.29, 0.717) is 0 Å². The molecule has 1 rings (SSSR count). The highest BCUT2D eigenvalue weighted by Crippen LogP contribution is 2.29. The molecule has 0 unspecified atom stereocenters. The van der Waals surface area contributed by atoms with Gasteiger partial charge in [0.05, 0.1) is 5.69 Å². The minimum Gasteiger partial charge on any atom is -0.398 e. The van der Waals surface area contributed by atoms with E-state index in [1.54, 1.807) is 0 Å². The minimum absolute atomic E-state index is 0.830. The molecule has 0 atom stereocenters. The first-order valence-electron chi connectivity index (χ1n) is 5.33. The molecule has 1 aromatic rings. The molecule has 0 aliphatic carbocycles. The molecule has 0 saturated carbocycles. The Bertz CT molecular complexity index is 364. The second-order valence-electron chi connectivity index (χ2n) is 4.39. The van der Waals surface area contributed by atoms with Crippen LogP contribution in [0.5, 0.6) is 0 Å². The molecule has 0 saturated heterocycles. The van der Waals surface area contributed by atoms with Crippen LogP contribution in [0.4, 0.5) is 11.4 Å². The van der Waals surface area contributed by atoms with Crippen LogP contribution < -0.4 is 10.6 Å². The molecular formula is C12H20BrN3. The van der Waals surface area contributed by atoms with Gasteiger partial charge in [-0.25, -0.2) is 0 Å². The molecule has 0 bridgehead atoms. The van der Waals surface area contributed by atoms with Gasteiger partial charge in [-0.3, -0.25) is 0 Å². The SMILES string of the molecule is Cc1cc(N(C)CCN(C)C)c(Br)cc1N. The number of nitrogens with two attached hydrogens (primary N) is 1. The van der Waals surface area contributed by atoms with Crippen LogP contribution in [0.3, 0.4) is 0 Å². The van der Waals surface area contributed by atoms with Crippen molar-refractivity contribution in [2.45, 2.75) is 6.92 Å². The zero-order valence-electron chi connectivity index (χ0n) is 10.4. The van der Waals surface area contributed by atoms with E-state index in [4.69, 9.17) is 5.73 Å². The van der Waals surface area contributed by atoms with Crippen molar-refractivity contribution in [3.63, 3.8) is 0 Å². The molecule has 90 valence electrons. The largest absolute Gasteiger partial charge is 0.398 e. The van der Waals surface area contributed by atoms with E-state index in [-0.39, 0.29) is 0 Å². The Balaban J connectivity index is 2.82. The second-order valence-corrected chi connectivity index (χ2v) is 5.24. The Kier molecular flexibility index (Phi) is 4.62. The van der Waals surface area contributed by atoms with Gasteiger partial charge in [-0.05, 0) is 54.6 Å². The predicted molar refractivity (Wildman–Crippen MR) is 75.1 cm³/mol. The number of halogens is 1. The summed E-state index contributed by atoms with van der Waals surface area (Å²) in [5.74, 6) is 0. The van der Waals surface area contributed by atoms with E-state index < -0.39 is 0 Å². The van der Waals surface area contributed by atoms with Crippen LogP contribution in [0, 0.1) is 6.92 Å². The minimum atomic E-state index is 0.830. The molecule has 1 aromatic carbocycles. The highest BCUT2D eigenvalue weighted by molar-refractivity contribution is 9.10. The van der Waals surface area contributed by atoms with Gasteiger partial charge >= 0.3 is 0 Å². The number of nitrogen functional groups attached to an aromatic ring is 1. The van der Waals surface area contributed by atoms with Gasteiger partial charge in [0.1, 0.15) is 0 Å². The Morgan fingerprint density at radius 2 is 1.81 bits per heavy atom. The van der Waals surface area contributed by atoms with Crippen molar-refractivity contribution in [2.24, 2.45) is 0 Å². The lowest BCUT2D eigenvalue weighted by atomic mass is 10.1. The first-order valence-corrected chi connectivity index (χ1v) is 6.12. The summed E-state index contributed by atoms with van der Waals surface area (Å²) < 4.78 is 1.05. The van der Waals surface area contributed by atoms with Crippen molar-refractivity contribution in [1.82, 2.24) is 4.90 Å². The van der Waals surface area contributed by atoms with Gasteiger partial charge < -0.3 is 15.5 Å². The van der Waals surface area contributed by atoms with Gasteiger partial charge in [-0.2, -0.15) is 0 Å². The lowest BCUT2D eigenvalue weighted by Crippen LogP contribution is -2.28. The van der Waals surface area contributed by atoms with E-state index >= 15 is 0 Å². The number of benzene rings is 1. The van der Waals surface area contributed by atoms with E-state index in [1.165, 1.54) is 5.69 Å². The van der Waals surface area contributed by atoms with Crippen molar-refractivity contribution in [3.05, 3.63) is 22.2 Å². The maximum absolute atomic E-state index is 5.86. The molecule has 2 N–H and O–H groups in total. The lowest BCUT2D eigenvalue weighted by Gasteiger charge is -2.23. The summed E-state index contributed by atoms with van der Waals surface area (Å²) in [6, 6.07) is 4.09. The fourth-order valence-corrected chi connectivity index (χ4v) is 2.11. The highest BCUT2D eigenvalue weighted by atomic mass is 79.9. The van der Waals surface area contributed by atoms with E-state index in [2.05, 4.69) is 52.9 Å². The van der Waals surface area contributed by atoms with Crippen molar-refractivity contribution in [2.75, 3.05) is 44.9 Å². The van der Waals surface area contributed by atoms with Gasteiger partial charge in [0, 0.05) is 30.3 Å². The molecule has 0 aliphatic rings. The normalized spacial score (nSPS) is 10.9. The number of rotatable bonds is 4. The third-order valence-electron chi connectivity index (χ3n) is 2.63. The second kappa shape index (κ2) is 5.55. The number of anilines is 2. The Hall–Kier alpha value is -0.740. The molecule has 0 amide bonds. The van der Waals surface area contributed by atoms with Crippen LogP contribution in [-0.4, -0.2) is 39.1 Å². The molecule has 0 fully saturated rings. The highest BCUT2D eigenvalue weighted by Gasteiger charge is 2.08. The lowest BCUT2D eigenvalue weighted by molar-refractivity contribution is 0.416. The van der Waals surface area contributed by atoms with Gasteiger partial charge in [0.2, 0.25) is 0 Å². The summed E-state index contributed by atoms with van der Waals surface area (Å²) in [5, 5.41) is 0. The molecule has 0 aliphatic heterocycles. The predicted octanol–water partition coefficient (Wildman–Crippen LogP) is 2.34. The van der Waals surface area contributed by atoms with E-state index in [9.17, 15) is 0 Å². The maximum Gasteiger partial charge on any atom is 0.0512 e. The van der Waals surface area contributed by atoms with Crippen molar-refractivity contribution in [3.8, 4) is 0 Å². The van der Waals surface area contributed by atoms with Crippen LogP contribution in [0.25, 0.3) is 0 Å². The quantitative estimate of drug-likeness (QED) is 0.862. The van der Waals surface area contributed by atoms with Crippen molar-refractivity contribution >= 4 is 27.3 Å². The van der Waals surface area contributed by atoms with E-state index in [0.717, 1.165) is 28.8 Å². The number of nitrogens with zero attached hydrogens (tertiary/aromatic N) is 2. The van der Waals surface area contributed by atoms with Gasteiger partial charge in [-0.15, -0.1) is 0 Å². The maximum atomic E-state index is 5.86. The first kappa shape index (κ1) is 13.3. The molecule has 0 heterocycles. The number of hydrogen-bond acceptors (Lipinski definition) is 3. The fraction of sp³-hybridized carbons (Fsp3) is 0.500. The molecule has 3 nitrogen and oxygen atoms in total. The zero-order valence-corrected chi connectivity index (χ0v) is 12.0. The third-order valence-corrected chi connectivity index (χ3v) is 3.26. The third kappa shape index (κ3) is 3.39. The Labute approximate surface area is 106 Å². The van der Waals surface area contributed by atoms with E-state index in [1.807, 2.05) is 13.0 Å². The van der Waals surface area contributed by atoms with Crippen LogP contribution in [0.1, 0.15) is 5.56 Å². The number of aryl methyl sites for hydroxylation is 1. The topological polar surface area (TPSA) is 32.5 Å². The van der Waals surface area contributed by atoms with Crippen molar-refractivity contribution < 1.29 is 0 Å². The average Bonchev–Trinajstić information content (AvgIpc) is 2.20. The summed E-state index contributed by atoms with van der Waals surface area (Å²) in [7, 11) is 6.26. The molecular weight excluding hydrogens is 266 g/mol. The van der Waals surface area contributed by atoms with Crippen LogP contribution in [-0.2, 0) is 0 Å². The van der Waals surface area contributed by atoms with Crippen molar-refractivity contribution in [1.29, 1.82) is 0 Å². The monoisotopic (exact) mass is 285 g/mol. The summed E-state index contributed by atoms with van der Waals surface area (Å²) in [5.41, 5.74) is 8.99. The molecule has 0 spiro atoms. The van der Waals surface area contributed by atoms with Crippen LogP contribution in [0.15, 0.2) is 16.6 Å². The molecule has 16 heavy (non-hydrogen) atoms. The summed E-state index contributed by atoms with van der Waals surface area (Å²) in [6.45, 7) is 4.06. The summed E-state index contributed by atoms with van der Waals surface area (Å²) in [4.78, 5) is 4.41. The molecule has 0 radical (unpaired) electrons. The molecule has 0 aromatic heterocycles. The summed E-state index contributed by atoms with van der Waals surface area (Å²) in [6.07, 6.45) is 0. The van der Waals surface area contributed by atoms with Gasteiger partial charge in [0.15, 0.2) is 0 Å². The smallest absolute Gasteiger partial charge is 0.0512 e. The number of hydrogen-bond donors (Lipinski definition) is 1. The average molecular weight is 286 g/mol. The Morgan fingerprint density at radius 1 is 1.19 bits per heavy atom. The zero-order chi connectivity index (χ0) is 12.3.